The number of hydrogen-bond acceptors (Lipinski definition) is 6. The molecule has 28 heavy (non-hydrogen) atoms. The molecule has 0 aliphatic carbocycles. The van der Waals surface area contributed by atoms with Crippen LogP contribution in [-0.2, 0) is 36.9 Å². The number of carbonyl (C=O) groups is 3. The van der Waals surface area contributed by atoms with Gasteiger partial charge >= 0.3 is 11.9 Å². The van der Waals surface area contributed by atoms with Crippen LogP contribution < -0.4 is 10.1 Å². The Morgan fingerprint density at radius 3 is 2.25 bits per heavy atom. The minimum absolute atomic E-state index is 0.163. The van der Waals surface area contributed by atoms with Crippen LogP contribution in [0.5, 0.6) is 5.75 Å². The number of nitrogens with one attached hydrogen (secondary N) is 1. The highest BCUT2D eigenvalue weighted by molar-refractivity contribution is 5.83. The monoisotopic (exact) mass is 385 g/mol. The lowest BCUT2D eigenvalue weighted by molar-refractivity contribution is -0.144. The quantitative estimate of drug-likeness (QED) is 0.525. The fourth-order valence-corrected chi connectivity index (χ4v) is 2.50. The summed E-state index contributed by atoms with van der Waals surface area (Å²) in [5.74, 6) is -0.988. The number of carbonyl (C=O) groups excluding carboxylic acids is 3. The predicted molar refractivity (Wildman–Crippen MR) is 101 cm³/mol. The molecule has 2 aromatic rings. The molecule has 0 radical (unpaired) electrons. The number of methoxy groups -OCH3 is 1. The molecule has 0 aromatic heterocycles. The molecule has 1 atom stereocenters. The third kappa shape index (κ3) is 7.20. The van der Waals surface area contributed by atoms with Gasteiger partial charge in [0.15, 0.2) is 0 Å². The summed E-state index contributed by atoms with van der Waals surface area (Å²) in [6.45, 7) is 1.49. The molecule has 1 N–H and O–H groups in total. The minimum Gasteiger partial charge on any atom is -0.467 e. The molecule has 0 saturated carbocycles. The van der Waals surface area contributed by atoms with Gasteiger partial charge in [-0.1, -0.05) is 42.5 Å². The van der Waals surface area contributed by atoms with Crippen LogP contribution in [-0.4, -0.2) is 37.6 Å². The van der Waals surface area contributed by atoms with Gasteiger partial charge in [0.25, 0.3) is 0 Å². The first-order valence-electron chi connectivity index (χ1n) is 8.74. The van der Waals surface area contributed by atoms with Crippen molar-refractivity contribution in [2.24, 2.45) is 0 Å². The Labute approximate surface area is 163 Å². The maximum absolute atomic E-state index is 11.9. The zero-order valence-corrected chi connectivity index (χ0v) is 15.8. The van der Waals surface area contributed by atoms with Gasteiger partial charge in [-0.15, -0.1) is 0 Å². The van der Waals surface area contributed by atoms with Crippen molar-refractivity contribution in [3.05, 3.63) is 65.7 Å². The summed E-state index contributed by atoms with van der Waals surface area (Å²) >= 11 is 0. The summed E-state index contributed by atoms with van der Waals surface area (Å²) in [5, 5.41) is 2.55. The molecular formula is C21H23NO6. The maximum atomic E-state index is 11.9. The summed E-state index contributed by atoms with van der Waals surface area (Å²) in [7, 11) is 1.26. The Bertz CT molecular complexity index is 788. The summed E-state index contributed by atoms with van der Waals surface area (Å²) in [4.78, 5) is 34.8. The average molecular weight is 385 g/mol. The topological polar surface area (TPSA) is 90.9 Å². The zero-order chi connectivity index (χ0) is 20.4. The highest BCUT2D eigenvalue weighted by atomic mass is 16.6. The highest BCUT2D eigenvalue weighted by Crippen LogP contribution is 2.14. The van der Waals surface area contributed by atoms with Crippen molar-refractivity contribution < 1.29 is 28.6 Å². The third-order valence-electron chi connectivity index (χ3n) is 3.79. The van der Waals surface area contributed by atoms with E-state index in [0.29, 0.717) is 12.4 Å². The lowest BCUT2D eigenvalue weighted by Crippen LogP contribution is -2.41. The van der Waals surface area contributed by atoms with Crippen molar-refractivity contribution in [1.29, 1.82) is 0 Å². The third-order valence-corrected chi connectivity index (χ3v) is 3.79. The van der Waals surface area contributed by atoms with E-state index >= 15 is 0 Å². The fourth-order valence-electron chi connectivity index (χ4n) is 2.50. The molecule has 7 nitrogen and oxygen atoms in total. The SMILES string of the molecule is COC(=O)C(Cc1ccc(OC(=O)COCc2ccccc2)cc1)NC(C)=O. The number of amides is 1. The molecule has 0 aliphatic rings. The lowest BCUT2D eigenvalue weighted by Gasteiger charge is -2.15. The minimum atomic E-state index is -0.776. The van der Waals surface area contributed by atoms with Crippen molar-refractivity contribution in [1.82, 2.24) is 5.32 Å². The van der Waals surface area contributed by atoms with Crippen LogP contribution in [0.3, 0.4) is 0 Å². The van der Waals surface area contributed by atoms with Gasteiger partial charge in [0.1, 0.15) is 18.4 Å². The van der Waals surface area contributed by atoms with E-state index in [4.69, 9.17) is 14.2 Å². The van der Waals surface area contributed by atoms with Gasteiger partial charge in [-0.05, 0) is 23.3 Å². The van der Waals surface area contributed by atoms with Crippen LogP contribution in [0.15, 0.2) is 54.6 Å². The fraction of sp³-hybridized carbons (Fsp3) is 0.286. The Hall–Kier alpha value is -3.19. The molecule has 148 valence electrons. The summed E-state index contributed by atoms with van der Waals surface area (Å²) in [6, 6.07) is 15.4. The van der Waals surface area contributed by atoms with E-state index in [9.17, 15) is 14.4 Å². The molecular weight excluding hydrogens is 362 g/mol. The van der Waals surface area contributed by atoms with Crippen molar-refractivity contribution in [2.45, 2.75) is 26.0 Å². The van der Waals surface area contributed by atoms with E-state index in [2.05, 4.69) is 5.32 Å². The Balaban J connectivity index is 1.83. The van der Waals surface area contributed by atoms with Crippen LogP contribution in [0.1, 0.15) is 18.1 Å². The second-order valence-electron chi connectivity index (χ2n) is 6.08. The van der Waals surface area contributed by atoms with Crippen molar-refractivity contribution >= 4 is 17.8 Å². The zero-order valence-electron chi connectivity index (χ0n) is 15.8. The lowest BCUT2D eigenvalue weighted by atomic mass is 10.1. The first-order valence-corrected chi connectivity index (χ1v) is 8.74. The first-order chi connectivity index (χ1) is 13.5. The van der Waals surface area contributed by atoms with E-state index in [-0.39, 0.29) is 18.9 Å². The largest absolute Gasteiger partial charge is 0.467 e. The number of benzene rings is 2. The first kappa shape index (κ1) is 21.1. The molecule has 0 bridgehead atoms. The number of esters is 2. The highest BCUT2D eigenvalue weighted by Gasteiger charge is 2.20. The van der Waals surface area contributed by atoms with E-state index < -0.39 is 18.0 Å². The van der Waals surface area contributed by atoms with Gasteiger partial charge in [-0.3, -0.25) is 4.79 Å². The molecule has 0 aliphatic heterocycles. The molecule has 2 aromatic carbocycles. The summed E-state index contributed by atoms with van der Waals surface area (Å²) < 4.78 is 15.3. The average Bonchev–Trinajstić information content (AvgIpc) is 2.69. The molecule has 1 unspecified atom stereocenters. The van der Waals surface area contributed by atoms with Gasteiger partial charge in [-0.25, -0.2) is 9.59 Å². The molecule has 1 amide bonds. The van der Waals surface area contributed by atoms with E-state index in [1.54, 1.807) is 24.3 Å². The van der Waals surface area contributed by atoms with Gasteiger partial charge in [-0.2, -0.15) is 0 Å². The van der Waals surface area contributed by atoms with Crippen LogP contribution in [0.4, 0.5) is 0 Å². The molecule has 0 fully saturated rings. The van der Waals surface area contributed by atoms with Crippen molar-refractivity contribution in [2.75, 3.05) is 13.7 Å². The number of ether oxygens (including phenoxy) is 3. The number of hydrogen-bond donors (Lipinski definition) is 1. The maximum Gasteiger partial charge on any atom is 0.337 e. The predicted octanol–water partition coefficient (Wildman–Crippen LogP) is 2.03. The molecule has 2 rings (SSSR count). The normalized spacial score (nSPS) is 11.4. The molecule has 7 heteroatoms. The van der Waals surface area contributed by atoms with Crippen LogP contribution in [0, 0.1) is 0 Å². The summed E-state index contributed by atoms with van der Waals surface area (Å²) in [5.41, 5.74) is 1.75. The van der Waals surface area contributed by atoms with E-state index in [0.717, 1.165) is 11.1 Å². The molecule has 0 spiro atoms. The van der Waals surface area contributed by atoms with E-state index in [1.165, 1.54) is 14.0 Å². The Kier molecular flexibility index (Phi) is 8.17. The van der Waals surface area contributed by atoms with Crippen LogP contribution in [0.25, 0.3) is 0 Å². The molecule has 0 heterocycles. The van der Waals surface area contributed by atoms with Crippen molar-refractivity contribution in [3.63, 3.8) is 0 Å². The van der Waals surface area contributed by atoms with Gasteiger partial charge in [0.05, 0.1) is 13.7 Å². The van der Waals surface area contributed by atoms with Crippen LogP contribution in [0.2, 0.25) is 0 Å². The van der Waals surface area contributed by atoms with Crippen molar-refractivity contribution in [3.8, 4) is 5.75 Å². The smallest absolute Gasteiger partial charge is 0.337 e. The van der Waals surface area contributed by atoms with Crippen LogP contribution >= 0.6 is 0 Å². The Morgan fingerprint density at radius 2 is 1.64 bits per heavy atom. The second kappa shape index (κ2) is 10.8. The van der Waals surface area contributed by atoms with Gasteiger partial charge in [0, 0.05) is 13.3 Å². The Morgan fingerprint density at radius 1 is 0.964 bits per heavy atom. The summed E-state index contributed by atoms with van der Waals surface area (Å²) in [6.07, 6.45) is 0.265. The standard InChI is InChI=1S/C21H23NO6/c1-15(23)22-19(21(25)26-2)12-16-8-10-18(11-9-16)28-20(24)14-27-13-17-6-4-3-5-7-17/h3-11,19H,12-14H2,1-2H3,(H,22,23). The number of rotatable bonds is 9. The van der Waals surface area contributed by atoms with E-state index in [1.807, 2.05) is 30.3 Å². The van der Waals surface area contributed by atoms with Gasteiger partial charge < -0.3 is 19.5 Å². The van der Waals surface area contributed by atoms with Gasteiger partial charge in [0.2, 0.25) is 5.91 Å². The second-order valence-corrected chi connectivity index (χ2v) is 6.08. The molecule has 0 saturated heterocycles.